The molecule has 0 aliphatic carbocycles. The number of halogens is 6. The lowest BCUT2D eigenvalue weighted by molar-refractivity contribution is -0.143. The Morgan fingerprint density at radius 3 is 1.61 bits per heavy atom. The number of benzene rings is 1. The fraction of sp³-hybridized carbons (Fsp3) is 0.222. The topological polar surface area (TPSA) is 49.3 Å². The zero-order valence-electron chi connectivity index (χ0n) is 8.36. The fourth-order valence-corrected chi connectivity index (χ4v) is 1.15. The predicted molar refractivity (Wildman–Crippen MR) is 45.7 cm³/mol. The number of nitrogens with one attached hydrogen (secondary N) is 1. The van der Waals surface area contributed by atoms with Crippen molar-refractivity contribution < 1.29 is 36.3 Å². The van der Waals surface area contributed by atoms with E-state index in [1.807, 2.05) is 0 Å². The average Bonchev–Trinajstić information content (AvgIpc) is 2.25. The molecule has 0 aliphatic rings. The Kier molecular flexibility index (Phi) is 3.56. The van der Waals surface area contributed by atoms with Crippen molar-refractivity contribution in [2.75, 3.05) is 0 Å². The monoisotopic (exact) mass is 273 g/mol. The van der Waals surface area contributed by atoms with E-state index in [1.54, 1.807) is 0 Å². The number of carbonyl (C=O) groups is 1. The highest BCUT2D eigenvalue weighted by molar-refractivity contribution is 5.93. The van der Waals surface area contributed by atoms with Crippen LogP contribution in [0.25, 0.3) is 0 Å². The van der Waals surface area contributed by atoms with Gasteiger partial charge in [-0.15, -0.1) is 0 Å². The molecule has 1 amide bonds. The molecule has 0 bridgehead atoms. The molecule has 3 nitrogen and oxygen atoms in total. The normalized spacial score (nSPS) is 12.4. The van der Waals surface area contributed by atoms with Gasteiger partial charge in [-0.1, -0.05) is 0 Å². The molecule has 0 saturated heterocycles. The van der Waals surface area contributed by atoms with Crippen LogP contribution in [0.4, 0.5) is 26.3 Å². The fourth-order valence-electron chi connectivity index (χ4n) is 1.15. The Balaban J connectivity index is 3.44. The lowest BCUT2D eigenvalue weighted by Crippen LogP contribution is -2.21. The molecule has 0 aromatic heterocycles. The molecule has 18 heavy (non-hydrogen) atoms. The molecule has 0 saturated carbocycles. The third kappa shape index (κ3) is 3.13. The summed E-state index contributed by atoms with van der Waals surface area (Å²) in [5, 5.41) is 8.21. The third-order valence-electron chi connectivity index (χ3n) is 1.95. The summed E-state index contributed by atoms with van der Waals surface area (Å²) in [5.41, 5.74) is -3.24. The van der Waals surface area contributed by atoms with Gasteiger partial charge < -0.3 is 0 Å². The van der Waals surface area contributed by atoms with E-state index in [-0.39, 0.29) is 18.2 Å². The lowest BCUT2D eigenvalue weighted by Gasteiger charge is -2.13. The van der Waals surface area contributed by atoms with Crippen LogP contribution in [-0.4, -0.2) is 11.1 Å². The van der Waals surface area contributed by atoms with E-state index in [1.165, 1.54) is 0 Å². The van der Waals surface area contributed by atoms with Crippen molar-refractivity contribution in [1.29, 1.82) is 0 Å². The average molecular weight is 273 g/mol. The molecule has 100 valence electrons. The van der Waals surface area contributed by atoms with Crippen LogP contribution in [-0.2, 0) is 12.4 Å². The highest BCUT2D eigenvalue weighted by Gasteiger charge is 2.37. The number of hydrogen-bond acceptors (Lipinski definition) is 2. The molecule has 0 radical (unpaired) electrons. The van der Waals surface area contributed by atoms with Gasteiger partial charge in [0.15, 0.2) is 0 Å². The van der Waals surface area contributed by atoms with Gasteiger partial charge in [0.2, 0.25) is 0 Å². The van der Waals surface area contributed by atoms with Crippen LogP contribution in [0.5, 0.6) is 0 Å². The largest absolute Gasteiger partial charge is 0.416 e. The third-order valence-corrected chi connectivity index (χ3v) is 1.95. The van der Waals surface area contributed by atoms with Gasteiger partial charge in [0.1, 0.15) is 0 Å². The summed E-state index contributed by atoms with van der Waals surface area (Å²) in [5.74, 6) is -1.47. The second-order valence-corrected chi connectivity index (χ2v) is 3.24. The smallest absolute Gasteiger partial charge is 0.288 e. The number of hydroxylamine groups is 1. The summed E-state index contributed by atoms with van der Waals surface area (Å²) in [6, 6.07) is 0.301. The van der Waals surface area contributed by atoms with Gasteiger partial charge in [0, 0.05) is 5.56 Å². The SMILES string of the molecule is O=C(NO)c1cc(C(F)(F)F)cc(C(F)(F)F)c1. The first kappa shape index (κ1) is 14.3. The number of amides is 1. The first-order chi connectivity index (χ1) is 8.05. The van der Waals surface area contributed by atoms with Gasteiger partial charge in [-0.2, -0.15) is 26.3 Å². The molecular formula is C9H5F6NO2. The summed E-state index contributed by atoms with van der Waals surface area (Å²) in [6.45, 7) is 0. The number of rotatable bonds is 1. The minimum atomic E-state index is -5.04. The minimum Gasteiger partial charge on any atom is -0.288 e. The van der Waals surface area contributed by atoms with Crippen LogP contribution in [0, 0.1) is 0 Å². The maximum Gasteiger partial charge on any atom is 0.416 e. The maximum absolute atomic E-state index is 12.3. The maximum atomic E-state index is 12.3. The van der Waals surface area contributed by atoms with Crippen LogP contribution in [0.15, 0.2) is 18.2 Å². The van der Waals surface area contributed by atoms with E-state index in [4.69, 9.17) is 5.21 Å². The summed E-state index contributed by atoms with van der Waals surface area (Å²) in [7, 11) is 0. The molecule has 0 fully saturated rings. The predicted octanol–water partition coefficient (Wildman–Crippen LogP) is 2.84. The van der Waals surface area contributed by atoms with Gasteiger partial charge in [0.05, 0.1) is 11.1 Å². The van der Waals surface area contributed by atoms with Crippen LogP contribution >= 0.6 is 0 Å². The van der Waals surface area contributed by atoms with E-state index in [9.17, 15) is 31.1 Å². The highest BCUT2D eigenvalue weighted by Crippen LogP contribution is 2.36. The molecule has 9 heteroatoms. The van der Waals surface area contributed by atoms with Gasteiger partial charge in [-0.05, 0) is 18.2 Å². The summed E-state index contributed by atoms with van der Waals surface area (Å²) in [6.07, 6.45) is -10.1. The van der Waals surface area contributed by atoms with Crippen molar-refractivity contribution >= 4 is 5.91 Å². The van der Waals surface area contributed by atoms with E-state index in [0.29, 0.717) is 0 Å². The van der Waals surface area contributed by atoms with Crippen molar-refractivity contribution in [2.45, 2.75) is 12.4 Å². The Hall–Kier alpha value is -1.77. The first-order valence-electron chi connectivity index (χ1n) is 4.29. The van der Waals surface area contributed by atoms with Crippen LogP contribution in [0.2, 0.25) is 0 Å². The number of hydrogen-bond donors (Lipinski definition) is 2. The van der Waals surface area contributed by atoms with Crippen LogP contribution in [0.1, 0.15) is 21.5 Å². The lowest BCUT2D eigenvalue weighted by atomic mass is 10.0. The molecule has 0 aliphatic heterocycles. The summed E-state index contributed by atoms with van der Waals surface area (Å²) < 4.78 is 74.1. The number of alkyl halides is 6. The van der Waals surface area contributed by atoms with Crippen LogP contribution < -0.4 is 5.48 Å². The Bertz CT molecular complexity index is 433. The number of carbonyl (C=O) groups excluding carboxylic acids is 1. The Labute approximate surface area is 96.0 Å². The molecule has 1 aromatic carbocycles. The van der Waals surface area contributed by atoms with Gasteiger partial charge in [-0.25, -0.2) is 5.48 Å². The van der Waals surface area contributed by atoms with E-state index < -0.39 is 35.0 Å². The van der Waals surface area contributed by atoms with Gasteiger partial charge in [0.25, 0.3) is 5.91 Å². The van der Waals surface area contributed by atoms with Crippen LogP contribution in [0.3, 0.4) is 0 Å². The van der Waals surface area contributed by atoms with Crippen molar-refractivity contribution in [3.8, 4) is 0 Å². The molecule has 0 heterocycles. The van der Waals surface area contributed by atoms with E-state index >= 15 is 0 Å². The molecule has 2 N–H and O–H groups in total. The zero-order chi connectivity index (χ0) is 14.1. The second kappa shape index (κ2) is 4.48. The summed E-state index contributed by atoms with van der Waals surface area (Å²) in [4.78, 5) is 10.9. The molecular weight excluding hydrogens is 268 g/mol. The van der Waals surface area contributed by atoms with Crippen molar-refractivity contribution in [3.05, 3.63) is 34.9 Å². The Morgan fingerprint density at radius 1 is 0.944 bits per heavy atom. The highest BCUT2D eigenvalue weighted by atomic mass is 19.4. The molecule has 1 aromatic rings. The standard InChI is InChI=1S/C9H5F6NO2/c10-8(11,12)5-1-4(7(17)16-18)2-6(3-5)9(13,14)15/h1-3,18H,(H,16,17). The van der Waals surface area contributed by atoms with Crippen molar-refractivity contribution in [3.63, 3.8) is 0 Å². The van der Waals surface area contributed by atoms with Gasteiger partial charge in [-0.3, -0.25) is 10.0 Å². The van der Waals surface area contributed by atoms with Gasteiger partial charge >= 0.3 is 12.4 Å². The summed E-state index contributed by atoms with van der Waals surface area (Å²) >= 11 is 0. The van der Waals surface area contributed by atoms with E-state index in [0.717, 1.165) is 5.48 Å². The molecule has 0 spiro atoms. The van der Waals surface area contributed by atoms with Crippen molar-refractivity contribution in [2.24, 2.45) is 0 Å². The molecule has 0 unspecified atom stereocenters. The Morgan fingerprint density at radius 2 is 1.33 bits per heavy atom. The zero-order valence-corrected chi connectivity index (χ0v) is 8.36. The quantitative estimate of drug-likeness (QED) is 0.469. The molecule has 0 atom stereocenters. The van der Waals surface area contributed by atoms with E-state index in [2.05, 4.69) is 0 Å². The van der Waals surface area contributed by atoms with Crippen molar-refractivity contribution in [1.82, 2.24) is 5.48 Å². The molecule has 1 rings (SSSR count). The minimum absolute atomic E-state index is 0.117. The second-order valence-electron chi connectivity index (χ2n) is 3.24. The first-order valence-corrected chi connectivity index (χ1v) is 4.29.